The van der Waals surface area contributed by atoms with Crippen LogP contribution < -0.4 is 4.90 Å². The fourth-order valence-corrected chi connectivity index (χ4v) is 3.64. The summed E-state index contributed by atoms with van der Waals surface area (Å²) in [4.78, 5) is 7.61. The normalized spacial score (nSPS) is 13.5. The topological polar surface area (TPSA) is 46.1 Å². The minimum Gasteiger partial charge on any atom is -0.343 e. The molecular formula is C18H19N3OS2. The van der Waals surface area contributed by atoms with Gasteiger partial charge in [0.15, 0.2) is 5.82 Å². The fraction of sp³-hybridized carbons (Fsp3) is 0.222. The summed E-state index contributed by atoms with van der Waals surface area (Å²) in [6, 6.07) is 18.0. The molecule has 0 bridgehead atoms. The number of benzene rings is 2. The number of rotatable bonds is 5. The van der Waals surface area contributed by atoms with Gasteiger partial charge in [0.2, 0.25) is 5.13 Å². The maximum absolute atomic E-state index is 11.5. The van der Waals surface area contributed by atoms with E-state index in [4.69, 9.17) is 0 Å². The molecular weight excluding hydrogens is 338 g/mol. The molecule has 1 heterocycles. The van der Waals surface area contributed by atoms with Crippen LogP contribution in [0.5, 0.6) is 0 Å². The Bertz CT molecular complexity index is 831. The Kier molecular flexibility index (Phi) is 5.06. The molecule has 3 rings (SSSR count). The van der Waals surface area contributed by atoms with Crippen LogP contribution in [0.3, 0.4) is 0 Å². The van der Waals surface area contributed by atoms with Crippen molar-refractivity contribution in [1.82, 2.24) is 9.36 Å². The molecule has 6 heteroatoms. The van der Waals surface area contributed by atoms with Crippen LogP contribution in [0.4, 0.5) is 5.13 Å². The smallest absolute Gasteiger partial charge is 0.205 e. The van der Waals surface area contributed by atoms with Gasteiger partial charge in [-0.05, 0) is 24.6 Å². The summed E-state index contributed by atoms with van der Waals surface area (Å²) in [7, 11) is 1.07. The third-order valence-electron chi connectivity index (χ3n) is 4.02. The van der Waals surface area contributed by atoms with Gasteiger partial charge >= 0.3 is 0 Å². The van der Waals surface area contributed by atoms with Crippen LogP contribution in [0.15, 0.2) is 59.5 Å². The number of nitrogens with zero attached hydrogens (tertiary/aromatic N) is 3. The summed E-state index contributed by atoms with van der Waals surface area (Å²) in [5, 5.41) is 0.879. The molecule has 124 valence electrons. The second-order valence-corrected chi connectivity index (χ2v) is 7.69. The quantitative estimate of drug-likeness (QED) is 0.688. The zero-order valence-electron chi connectivity index (χ0n) is 13.8. The molecule has 0 aliphatic rings. The van der Waals surface area contributed by atoms with Gasteiger partial charge < -0.3 is 4.90 Å². The molecule has 2 aromatic carbocycles. The SMILES string of the molecule is CC(c1ccc(S(C)=O)cc1)N(C)c1nc(-c2ccccc2)ns1. The predicted molar refractivity (Wildman–Crippen MR) is 101 cm³/mol. The van der Waals surface area contributed by atoms with Gasteiger partial charge in [-0.1, -0.05) is 42.5 Å². The van der Waals surface area contributed by atoms with Crippen molar-refractivity contribution in [1.29, 1.82) is 0 Å². The molecule has 2 atom stereocenters. The molecule has 0 amide bonds. The van der Waals surface area contributed by atoms with E-state index in [9.17, 15) is 4.21 Å². The van der Waals surface area contributed by atoms with Gasteiger partial charge in [-0.3, -0.25) is 4.21 Å². The van der Waals surface area contributed by atoms with Crippen LogP contribution in [0.1, 0.15) is 18.5 Å². The standard InChI is InChI=1S/C18H19N3OS2/c1-13(14-9-11-16(12-10-14)24(3)22)21(2)18-19-17(20-23-18)15-7-5-4-6-8-15/h4-13H,1-3H3. The predicted octanol–water partition coefficient (Wildman–Crippen LogP) is 4.14. The van der Waals surface area contributed by atoms with E-state index in [0.717, 1.165) is 27.0 Å². The molecule has 24 heavy (non-hydrogen) atoms. The molecule has 0 radical (unpaired) electrons. The third-order valence-corrected chi connectivity index (χ3v) is 5.77. The number of hydrogen-bond donors (Lipinski definition) is 0. The summed E-state index contributed by atoms with van der Waals surface area (Å²) < 4.78 is 16.0. The fourth-order valence-electron chi connectivity index (χ4n) is 2.39. The summed E-state index contributed by atoms with van der Waals surface area (Å²) in [6.45, 7) is 2.13. The minimum absolute atomic E-state index is 0.154. The molecule has 2 unspecified atom stereocenters. The lowest BCUT2D eigenvalue weighted by atomic mass is 10.1. The Balaban J connectivity index is 1.79. The first-order chi connectivity index (χ1) is 11.6. The molecule has 0 N–H and O–H groups in total. The van der Waals surface area contributed by atoms with E-state index in [1.54, 1.807) is 6.26 Å². The second kappa shape index (κ2) is 7.23. The summed E-state index contributed by atoms with van der Waals surface area (Å²) in [5.74, 6) is 0.756. The van der Waals surface area contributed by atoms with Gasteiger partial charge in [-0.15, -0.1) is 0 Å². The van der Waals surface area contributed by atoms with Gasteiger partial charge in [0.05, 0.1) is 6.04 Å². The van der Waals surface area contributed by atoms with Crippen molar-refractivity contribution >= 4 is 27.5 Å². The highest BCUT2D eigenvalue weighted by Gasteiger charge is 2.17. The van der Waals surface area contributed by atoms with E-state index in [-0.39, 0.29) is 6.04 Å². The lowest BCUT2D eigenvalue weighted by Crippen LogP contribution is -2.21. The Morgan fingerprint density at radius 2 is 1.75 bits per heavy atom. The van der Waals surface area contributed by atoms with Gasteiger partial charge in [0, 0.05) is 46.1 Å². The molecule has 1 aromatic heterocycles. The molecule has 0 saturated heterocycles. The molecule has 0 aliphatic carbocycles. The first kappa shape index (κ1) is 16.8. The average Bonchev–Trinajstić information content (AvgIpc) is 3.11. The maximum Gasteiger partial charge on any atom is 0.205 e. The van der Waals surface area contributed by atoms with Crippen LogP contribution in [0.2, 0.25) is 0 Å². The van der Waals surface area contributed by atoms with Gasteiger partial charge in [0.25, 0.3) is 0 Å². The van der Waals surface area contributed by atoms with Gasteiger partial charge in [-0.25, -0.2) is 0 Å². The van der Waals surface area contributed by atoms with E-state index >= 15 is 0 Å². The monoisotopic (exact) mass is 357 g/mol. The Hall–Kier alpha value is -2.05. The van der Waals surface area contributed by atoms with Crippen molar-refractivity contribution in [2.45, 2.75) is 17.9 Å². The van der Waals surface area contributed by atoms with Crippen molar-refractivity contribution in [3.05, 3.63) is 60.2 Å². The lowest BCUT2D eigenvalue weighted by molar-refractivity contribution is 0.686. The highest BCUT2D eigenvalue weighted by Crippen LogP contribution is 2.29. The third kappa shape index (κ3) is 3.55. The molecule has 0 aliphatic heterocycles. The first-order valence-corrected chi connectivity index (χ1v) is 9.95. The molecule has 3 aromatic rings. The number of anilines is 1. The van der Waals surface area contributed by atoms with Crippen molar-refractivity contribution in [2.75, 3.05) is 18.2 Å². The zero-order chi connectivity index (χ0) is 17.1. The maximum atomic E-state index is 11.5. The minimum atomic E-state index is -0.949. The Morgan fingerprint density at radius 1 is 1.08 bits per heavy atom. The van der Waals surface area contributed by atoms with E-state index in [1.165, 1.54) is 11.5 Å². The summed E-state index contributed by atoms with van der Waals surface area (Å²) in [5.41, 5.74) is 2.18. The number of hydrogen-bond acceptors (Lipinski definition) is 5. The number of aromatic nitrogens is 2. The van der Waals surface area contributed by atoms with Crippen LogP contribution in [0.25, 0.3) is 11.4 Å². The second-order valence-electron chi connectivity index (χ2n) is 5.58. The van der Waals surface area contributed by atoms with E-state index in [0.29, 0.717) is 0 Å². The van der Waals surface area contributed by atoms with Crippen molar-refractivity contribution < 1.29 is 4.21 Å². The van der Waals surface area contributed by atoms with E-state index < -0.39 is 10.8 Å². The largest absolute Gasteiger partial charge is 0.343 e. The summed E-state index contributed by atoms with van der Waals surface area (Å²) >= 11 is 1.40. The van der Waals surface area contributed by atoms with E-state index in [2.05, 4.69) is 21.2 Å². The Labute approximate surface area is 148 Å². The lowest BCUT2D eigenvalue weighted by Gasteiger charge is -2.24. The van der Waals surface area contributed by atoms with Crippen LogP contribution in [-0.2, 0) is 10.8 Å². The van der Waals surface area contributed by atoms with Gasteiger partial charge in [0.1, 0.15) is 0 Å². The highest BCUT2D eigenvalue weighted by atomic mass is 32.2. The highest BCUT2D eigenvalue weighted by molar-refractivity contribution is 7.84. The van der Waals surface area contributed by atoms with Crippen LogP contribution >= 0.6 is 11.5 Å². The first-order valence-electron chi connectivity index (χ1n) is 7.61. The van der Waals surface area contributed by atoms with Crippen LogP contribution in [0, 0.1) is 0 Å². The van der Waals surface area contributed by atoms with Gasteiger partial charge in [-0.2, -0.15) is 9.36 Å². The average molecular weight is 358 g/mol. The van der Waals surface area contributed by atoms with Crippen LogP contribution in [-0.4, -0.2) is 26.9 Å². The molecule has 0 spiro atoms. The van der Waals surface area contributed by atoms with Crippen molar-refractivity contribution in [3.63, 3.8) is 0 Å². The van der Waals surface area contributed by atoms with Crippen molar-refractivity contribution in [2.24, 2.45) is 0 Å². The van der Waals surface area contributed by atoms with E-state index in [1.807, 2.05) is 61.6 Å². The zero-order valence-corrected chi connectivity index (χ0v) is 15.5. The summed E-state index contributed by atoms with van der Waals surface area (Å²) in [6.07, 6.45) is 1.69. The molecule has 0 saturated carbocycles. The molecule has 4 nitrogen and oxygen atoms in total. The Morgan fingerprint density at radius 3 is 2.38 bits per heavy atom. The molecule has 0 fully saturated rings. The van der Waals surface area contributed by atoms with Crippen molar-refractivity contribution in [3.8, 4) is 11.4 Å².